The molecular formula is C28H24BNO2. The average molecular weight is 417 g/mol. The third-order valence-electron chi connectivity index (χ3n) is 9.09. The molecule has 4 heteroatoms. The van der Waals surface area contributed by atoms with E-state index in [1.807, 2.05) is 12.1 Å². The van der Waals surface area contributed by atoms with Crippen molar-refractivity contribution >= 4 is 45.6 Å². The van der Waals surface area contributed by atoms with E-state index in [1.165, 1.54) is 53.5 Å². The Morgan fingerprint density at radius 3 is 2.69 bits per heavy atom. The van der Waals surface area contributed by atoms with E-state index in [0.29, 0.717) is 0 Å². The zero-order valence-electron chi connectivity index (χ0n) is 18.4. The van der Waals surface area contributed by atoms with Gasteiger partial charge in [0, 0.05) is 22.3 Å². The zero-order valence-corrected chi connectivity index (χ0v) is 18.4. The van der Waals surface area contributed by atoms with Crippen molar-refractivity contribution in [1.29, 1.82) is 0 Å². The van der Waals surface area contributed by atoms with Gasteiger partial charge in [0.25, 0.3) is 0 Å². The smallest absolute Gasteiger partial charge is 0.301 e. The fourth-order valence-electron chi connectivity index (χ4n) is 7.38. The molecule has 0 spiro atoms. The number of nitrogens with zero attached hydrogens (tertiary/aromatic N) is 1. The molecule has 8 rings (SSSR count). The highest BCUT2D eigenvalue weighted by molar-refractivity contribution is 6.98. The molecule has 1 aromatic heterocycles. The number of hydrogen-bond donors (Lipinski definition) is 0. The SMILES string of the molecule is CC12CCCCC1(C)N1c3cccc4c3B(c3cccc2c31)c1oc2ccccc2c1O4. The molecule has 0 radical (unpaired) electrons. The quantitative estimate of drug-likeness (QED) is 0.328. The molecule has 3 aliphatic heterocycles. The van der Waals surface area contributed by atoms with Crippen LogP contribution in [-0.2, 0) is 5.41 Å². The van der Waals surface area contributed by atoms with Gasteiger partial charge in [-0.3, -0.25) is 0 Å². The standard InChI is InChI=1S/C28H24BNO2/c1-27-15-5-6-16-28(27,2)30-20-12-8-14-22-23(20)29(19-11-7-10-18(27)24(19)30)26-25(31-22)17-9-3-4-13-21(17)32-26/h3-4,7-14H,5-6,15-16H2,1-2H3. The minimum Gasteiger partial charge on any atom is -0.466 e. The predicted octanol–water partition coefficient (Wildman–Crippen LogP) is 5.11. The molecule has 0 bridgehead atoms. The fraction of sp³-hybridized carbons (Fsp3) is 0.286. The van der Waals surface area contributed by atoms with Gasteiger partial charge in [-0.1, -0.05) is 56.2 Å². The first-order chi connectivity index (χ1) is 15.6. The van der Waals surface area contributed by atoms with Crippen molar-refractivity contribution in [1.82, 2.24) is 0 Å². The van der Waals surface area contributed by atoms with Gasteiger partial charge in [0.1, 0.15) is 17.0 Å². The van der Waals surface area contributed by atoms with Crippen molar-refractivity contribution in [2.24, 2.45) is 0 Å². The molecule has 0 amide bonds. The molecule has 32 heavy (non-hydrogen) atoms. The summed E-state index contributed by atoms with van der Waals surface area (Å²) in [5.41, 5.74) is 8.91. The largest absolute Gasteiger partial charge is 0.466 e. The van der Waals surface area contributed by atoms with Gasteiger partial charge < -0.3 is 14.1 Å². The zero-order chi connectivity index (χ0) is 21.2. The Balaban J connectivity index is 1.51. The van der Waals surface area contributed by atoms with Crippen LogP contribution in [0.2, 0.25) is 0 Å². The molecule has 2 unspecified atom stereocenters. The lowest BCUT2D eigenvalue weighted by Gasteiger charge is -2.52. The second kappa shape index (κ2) is 5.43. The molecule has 0 saturated heterocycles. The Morgan fingerprint density at radius 1 is 0.906 bits per heavy atom. The van der Waals surface area contributed by atoms with Gasteiger partial charge in [-0.15, -0.1) is 0 Å². The number of hydrogen-bond acceptors (Lipinski definition) is 3. The Labute approximate surface area is 188 Å². The van der Waals surface area contributed by atoms with Gasteiger partial charge in [0.2, 0.25) is 0 Å². The molecule has 1 aliphatic carbocycles. The number of ether oxygens (including phenoxy) is 1. The van der Waals surface area contributed by atoms with Crippen LogP contribution < -0.4 is 26.2 Å². The first kappa shape index (κ1) is 17.4. The molecule has 4 aliphatic rings. The van der Waals surface area contributed by atoms with Crippen LogP contribution in [0.25, 0.3) is 11.0 Å². The number of benzene rings is 3. The summed E-state index contributed by atoms with van der Waals surface area (Å²) in [4.78, 5) is 2.68. The van der Waals surface area contributed by atoms with Crippen molar-refractivity contribution in [3.8, 4) is 11.5 Å². The third-order valence-corrected chi connectivity index (χ3v) is 9.09. The second-order valence-corrected chi connectivity index (χ2v) is 10.4. The lowest BCUT2D eigenvalue weighted by atomic mass is 9.36. The van der Waals surface area contributed by atoms with Gasteiger partial charge >= 0.3 is 6.71 Å². The topological polar surface area (TPSA) is 25.6 Å². The minimum absolute atomic E-state index is 0.0657. The monoisotopic (exact) mass is 417 g/mol. The molecule has 3 aromatic carbocycles. The highest BCUT2D eigenvalue weighted by Crippen LogP contribution is 2.61. The molecule has 2 atom stereocenters. The maximum absolute atomic E-state index is 6.58. The van der Waals surface area contributed by atoms with Crippen molar-refractivity contribution in [2.75, 3.05) is 4.90 Å². The second-order valence-electron chi connectivity index (χ2n) is 10.4. The number of rotatable bonds is 0. The number of anilines is 2. The fourth-order valence-corrected chi connectivity index (χ4v) is 7.38. The Bertz CT molecular complexity index is 1470. The summed E-state index contributed by atoms with van der Waals surface area (Å²) in [5.74, 6) is 1.85. The molecule has 4 heterocycles. The molecule has 0 N–H and O–H groups in total. The van der Waals surface area contributed by atoms with E-state index in [4.69, 9.17) is 9.15 Å². The Morgan fingerprint density at radius 2 is 1.75 bits per heavy atom. The summed E-state index contributed by atoms with van der Waals surface area (Å²) in [6.45, 7) is 5.06. The molecule has 1 fully saturated rings. The van der Waals surface area contributed by atoms with E-state index >= 15 is 0 Å². The highest BCUT2D eigenvalue weighted by Gasteiger charge is 2.61. The molecule has 3 nitrogen and oxygen atoms in total. The maximum atomic E-state index is 6.58. The summed E-state index contributed by atoms with van der Waals surface area (Å²) in [5, 5.41) is 1.06. The summed E-state index contributed by atoms with van der Waals surface area (Å²) < 4.78 is 13.1. The summed E-state index contributed by atoms with van der Waals surface area (Å²) >= 11 is 0. The van der Waals surface area contributed by atoms with Crippen LogP contribution in [0, 0.1) is 0 Å². The molecule has 156 valence electrons. The van der Waals surface area contributed by atoms with E-state index in [9.17, 15) is 0 Å². The molecule has 4 aromatic rings. The normalized spacial score (nSPS) is 26.3. The minimum atomic E-state index is 0.0657. The van der Waals surface area contributed by atoms with Gasteiger partial charge in [0.15, 0.2) is 5.75 Å². The number of para-hydroxylation sites is 2. The van der Waals surface area contributed by atoms with Crippen molar-refractivity contribution in [2.45, 2.75) is 50.5 Å². The molecular weight excluding hydrogens is 393 g/mol. The summed E-state index contributed by atoms with van der Waals surface area (Å²) in [7, 11) is 0. The first-order valence-corrected chi connectivity index (χ1v) is 11.9. The van der Waals surface area contributed by atoms with E-state index in [1.54, 1.807) is 0 Å². The van der Waals surface area contributed by atoms with Crippen LogP contribution in [0.5, 0.6) is 11.5 Å². The number of fused-ring (bicyclic) bond motifs is 9. The lowest BCUT2D eigenvalue weighted by molar-refractivity contribution is 0.195. The average Bonchev–Trinajstić information content (AvgIpc) is 3.28. The van der Waals surface area contributed by atoms with E-state index in [2.05, 4.69) is 67.3 Å². The summed E-state index contributed by atoms with van der Waals surface area (Å²) in [6.07, 6.45) is 5.04. The Kier molecular flexibility index (Phi) is 2.96. The van der Waals surface area contributed by atoms with Crippen LogP contribution in [0.15, 0.2) is 65.1 Å². The lowest BCUT2D eigenvalue weighted by Crippen LogP contribution is -2.63. The van der Waals surface area contributed by atoms with E-state index < -0.39 is 0 Å². The maximum Gasteiger partial charge on any atom is 0.301 e. The van der Waals surface area contributed by atoms with Gasteiger partial charge in [-0.2, -0.15) is 0 Å². The van der Waals surface area contributed by atoms with Crippen molar-refractivity contribution < 1.29 is 9.15 Å². The predicted molar refractivity (Wildman–Crippen MR) is 130 cm³/mol. The highest BCUT2D eigenvalue weighted by atomic mass is 16.5. The van der Waals surface area contributed by atoms with Crippen LogP contribution in [0.3, 0.4) is 0 Å². The van der Waals surface area contributed by atoms with Gasteiger partial charge in [-0.25, -0.2) is 0 Å². The van der Waals surface area contributed by atoms with E-state index in [-0.39, 0.29) is 17.7 Å². The molecule has 1 saturated carbocycles. The number of furan rings is 1. The van der Waals surface area contributed by atoms with E-state index in [0.717, 1.165) is 28.1 Å². The van der Waals surface area contributed by atoms with Crippen LogP contribution in [0.1, 0.15) is 45.1 Å². The Hall–Kier alpha value is -3.14. The van der Waals surface area contributed by atoms with Crippen molar-refractivity contribution in [3.63, 3.8) is 0 Å². The van der Waals surface area contributed by atoms with Gasteiger partial charge in [-0.05, 0) is 55.1 Å². The van der Waals surface area contributed by atoms with Crippen LogP contribution in [0.4, 0.5) is 11.4 Å². The van der Waals surface area contributed by atoms with Gasteiger partial charge in [0.05, 0.1) is 10.9 Å². The summed E-state index contributed by atoms with van der Waals surface area (Å²) in [6, 6.07) is 21.8. The van der Waals surface area contributed by atoms with Crippen molar-refractivity contribution in [3.05, 3.63) is 66.2 Å². The third kappa shape index (κ3) is 1.73. The van der Waals surface area contributed by atoms with Crippen LogP contribution in [-0.4, -0.2) is 12.3 Å². The van der Waals surface area contributed by atoms with Crippen LogP contribution >= 0.6 is 0 Å². The first-order valence-electron chi connectivity index (χ1n) is 11.9.